The van der Waals surface area contributed by atoms with Crippen LogP contribution in [0, 0.1) is 5.92 Å². The molecule has 0 N–H and O–H groups in total. The van der Waals surface area contributed by atoms with Crippen molar-refractivity contribution >= 4 is 42.2 Å². The van der Waals surface area contributed by atoms with Gasteiger partial charge >= 0.3 is 0 Å². The average Bonchev–Trinajstić information content (AvgIpc) is 2.84. The fraction of sp³-hybridized carbons (Fsp3) is 0.333. The standard InChI is InChI=1S/C15H15ClN2O4S/c1-22-13-5-4-12(11-3-2-6-17-15(11)13)18-8-10(7-14(18)19)9-23(16,20)21/h2-6,10H,7-9H2,1H3. The van der Waals surface area contributed by atoms with Crippen molar-refractivity contribution in [2.45, 2.75) is 6.42 Å². The van der Waals surface area contributed by atoms with Gasteiger partial charge in [-0.2, -0.15) is 0 Å². The normalized spacial score (nSPS) is 18.6. The van der Waals surface area contributed by atoms with E-state index in [0.29, 0.717) is 23.5 Å². The number of fused-ring (bicyclic) bond motifs is 1. The summed E-state index contributed by atoms with van der Waals surface area (Å²) in [6, 6.07) is 7.19. The summed E-state index contributed by atoms with van der Waals surface area (Å²) in [5.74, 6) is -0.0105. The summed E-state index contributed by atoms with van der Waals surface area (Å²) in [4.78, 5) is 18.2. The first-order valence-electron chi connectivity index (χ1n) is 7.03. The number of benzene rings is 1. The first-order chi connectivity index (χ1) is 10.9. The highest BCUT2D eigenvalue weighted by Gasteiger charge is 2.34. The van der Waals surface area contributed by atoms with E-state index < -0.39 is 9.05 Å². The van der Waals surface area contributed by atoms with Crippen LogP contribution >= 0.6 is 10.7 Å². The number of carbonyl (C=O) groups is 1. The molecule has 0 saturated carbocycles. The Balaban J connectivity index is 1.99. The first kappa shape index (κ1) is 16.0. The molecule has 0 spiro atoms. The van der Waals surface area contributed by atoms with Crippen molar-refractivity contribution in [1.82, 2.24) is 4.98 Å². The predicted octanol–water partition coefficient (Wildman–Crippen LogP) is 2.16. The fourth-order valence-corrected chi connectivity index (χ4v) is 4.26. The van der Waals surface area contributed by atoms with Gasteiger partial charge in [0.2, 0.25) is 15.0 Å². The number of aromatic nitrogens is 1. The lowest BCUT2D eigenvalue weighted by atomic mass is 10.1. The molecule has 1 aromatic heterocycles. The molecule has 1 aliphatic rings. The van der Waals surface area contributed by atoms with Gasteiger partial charge in [-0.05, 0) is 24.3 Å². The number of ether oxygens (including phenoxy) is 1. The highest BCUT2D eigenvalue weighted by Crippen LogP contribution is 2.35. The van der Waals surface area contributed by atoms with E-state index in [4.69, 9.17) is 15.4 Å². The van der Waals surface area contributed by atoms with Gasteiger partial charge in [0.25, 0.3) is 0 Å². The summed E-state index contributed by atoms with van der Waals surface area (Å²) in [5.41, 5.74) is 1.36. The van der Waals surface area contributed by atoms with Crippen LogP contribution in [0.15, 0.2) is 30.5 Å². The third kappa shape index (κ3) is 3.25. The molecule has 0 radical (unpaired) electrons. The van der Waals surface area contributed by atoms with Gasteiger partial charge in [-0.15, -0.1) is 0 Å². The maximum atomic E-state index is 12.3. The third-order valence-electron chi connectivity index (χ3n) is 3.86. The second-order valence-corrected chi connectivity index (χ2v) is 8.29. The highest BCUT2D eigenvalue weighted by atomic mass is 35.7. The van der Waals surface area contributed by atoms with Crippen LogP contribution in [0.3, 0.4) is 0 Å². The number of hydrogen-bond donors (Lipinski definition) is 0. The van der Waals surface area contributed by atoms with E-state index in [1.54, 1.807) is 36.4 Å². The Hall–Kier alpha value is -1.86. The van der Waals surface area contributed by atoms with Gasteiger partial charge in [0.15, 0.2) is 0 Å². The molecule has 1 saturated heterocycles. The molecule has 23 heavy (non-hydrogen) atoms. The SMILES string of the molecule is COc1ccc(N2CC(CS(=O)(=O)Cl)CC2=O)c2cccnc12. The zero-order valence-corrected chi connectivity index (χ0v) is 14.0. The predicted molar refractivity (Wildman–Crippen MR) is 88.4 cm³/mol. The minimum atomic E-state index is -3.63. The molecule has 6 nitrogen and oxygen atoms in total. The largest absolute Gasteiger partial charge is 0.494 e. The van der Waals surface area contributed by atoms with E-state index in [0.717, 1.165) is 5.39 Å². The van der Waals surface area contributed by atoms with E-state index in [1.165, 1.54) is 0 Å². The highest BCUT2D eigenvalue weighted by molar-refractivity contribution is 8.13. The molecule has 3 rings (SSSR count). The first-order valence-corrected chi connectivity index (χ1v) is 9.51. The van der Waals surface area contributed by atoms with E-state index >= 15 is 0 Å². The van der Waals surface area contributed by atoms with Gasteiger partial charge in [0.05, 0.1) is 18.6 Å². The Morgan fingerprint density at radius 1 is 1.39 bits per heavy atom. The summed E-state index contributed by atoms with van der Waals surface area (Å²) in [7, 11) is 3.24. The molecule has 2 aromatic rings. The molecule has 1 unspecified atom stereocenters. The molecule has 1 aliphatic heterocycles. The topological polar surface area (TPSA) is 76.6 Å². The van der Waals surface area contributed by atoms with Crippen LogP contribution in [0.5, 0.6) is 5.75 Å². The Labute approximate surface area is 138 Å². The lowest BCUT2D eigenvalue weighted by Crippen LogP contribution is -2.25. The number of amides is 1. The molecule has 2 heterocycles. The second-order valence-electron chi connectivity index (χ2n) is 5.47. The Kier molecular flexibility index (Phi) is 4.16. The zero-order valence-electron chi connectivity index (χ0n) is 12.4. The number of nitrogens with zero attached hydrogens (tertiary/aromatic N) is 2. The summed E-state index contributed by atoms with van der Waals surface area (Å²) in [5, 5.41) is 0.787. The summed E-state index contributed by atoms with van der Waals surface area (Å²) in [6.07, 6.45) is 1.82. The Morgan fingerprint density at radius 2 is 2.17 bits per heavy atom. The summed E-state index contributed by atoms with van der Waals surface area (Å²) >= 11 is 0. The van der Waals surface area contributed by atoms with Crippen LogP contribution in [-0.4, -0.2) is 38.7 Å². The lowest BCUT2D eigenvalue weighted by molar-refractivity contribution is -0.117. The van der Waals surface area contributed by atoms with Crippen LogP contribution in [0.1, 0.15) is 6.42 Å². The van der Waals surface area contributed by atoms with Crippen molar-refractivity contribution in [3.05, 3.63) is 30.5 Å². The van der Waals surface area contributed by atoms with Crippen molar-refractivity contribution in [3.8, 4) is 5.75 Å². The molecule has 0 aliphatic carbocycles. The number of halogens is 1. The van der Waals surface area contributed by atoms with E-state index in [1.807, 2.05) is 6.07 Å². The molecule has 1 aromatic carbocycles. The number of pyridine rings is 1. The van der Waals surface area contributed by atoms with E-state index in [9.17, 15) is 13.2 Å². The molecule has 8 heteroatoms. The minimum absolute atomic E-state index is 0.120. The number of methoxy groups -OCH3 is 1. The van der Waals surface area contributed by atoms with E-state index in [-0.39, 0.29) is 24.0 Å². The molecule has 1 amide bonds. The zero-order chi connectivity index (χ0) is 16.6. The van der Waals surface area contributed by atoms with Gasteiger partial charge in [-0.25, -0.2) is 8.42 Å². The third-order valence-corrected chi connectivity index (χ3v) is 5.11. The van der Waals surface area contributed by atoms with Crippen LogP contribution < -0.4 is 9.64 Å². The van der Waals surface area contributed by atoms with Gasteiger partial charge in [-0.1, -0.05) is 0 Å². The lowest BCUT2D eigenvalue weighted by Gasteiger charge is -2.19. The Bertz CT molecular complexity index is 869. The number of rotatable bonds is 4. The van der Waals surface area contributed by atoms with Gasteiger partial charge < -0.3 is 9.64 Å². The maximum Gasteiger partial charge on any atom is 0.232 e. The van der Waals surface area contributed by atoms with Crippen molar-refractivity contribution in [2.24, 2.45) is 5.92 Å². The van der Waals surface area contributed by atoms with Crippen molar-refractivity contribution in [2.75, 3.05) is 24.3 Å². The number of carbonyl (C=O) groups excluding carboxylic acids is 1. The summed E-state index contributed by atoms with van der Waals surface area (Å²) in [6.45, 7) is 0.321. The van der Waals surface area contributed by atoms with Gasteiger partial charge in [0, 0.05) is 41.1 Å². The van der Waals surface area contributed by atoms with Crippen molar-refractivity contribution in [3.63, 3.8) is 0 Å². The second kappa shape index (κ2) is 5.98. The fourth-order valence-electron chi connectivity index (χ4n) is 2.94. The van der Waals surface area contributed by atoms with Crippen LogP contribution in [0.25, 0.3) is 10.9 Å². The molecule has 1 fully saturated rings. The Morgan fingerprint density at radius 3 is 2.87 bits per heavy atom. The van der Waals surface area contributed by atoms with Crippen LogP contribution in [0.4, 0.5) is 5.69 Å². The van der Waals surface area contributed by atoms with E-state index in [2.05, 4.69) is 4.98 Å². The molecule has 122 valence electrons. The van der Waals surface area contributed by atoms with Crippen molar-refractivity contribution < 1.29 is 17.9 Å². The van der Waals surface area contributed by atoms with Crippen LogP contribution in [-0.2, 0) is 13.8 Å². The van der Waals surface area contributed by atoms with Gasteiger partial charge in [-0.3, -0.25) is 9.78 Å². The van der Waals surface area contributed by atoms with Crippen molar-refractivity contribution in [1.29, 1.82) is 0 Å². The minimum Gasteiger partial charge on any atom is -0.494 e. The number of anilines is 1. The van der Waals surface area contributed by atoms with Crippen LogP contribution in [0.2, 0.25) is 0 Å². The summed E-state index contributed by atoms with van der Waals surface area (Å²) < 4.78 is 27.8. The quantitative estimate of drug-likeness (QED) is 0.786. The maximum absolute atomic E-state index is 12.3. The molecule has 1 atom stereocenters. The smallest absolute Gasteiger partial charge is 0.232 e. The number of hydrogen-bond acceptors (Lipinski definition) is 5. The monoisotopic (exact) mass is 354 g/mol. The molecule has 0 bridgehead atoms. The van der Waals surface area contributed by atoms with Gasteiger partial charge in [0.1, 0.15) is 11.3 Å². The molecular formula is C15H15ClN2O4S. The molecular weight excluding hydrogens is 340 g/mol. The average molecular weight is 355 g/mol.